The summed E-state index contributed by atoms with van der Waals surface area (Å²) in [6, 6.07) is -1.19. The Balaban J connectivity index is 0. The van der Waals surface area contributed by atoms with E-state index in [4.69, 9.17) is 0 Å². The Bertz CT molecular complexity index is 680. The maximum atomic E-state index is 12.2. The molecule has 0 radical (unpaired) electrons. The molecule has 0 spiro atoms. The molecule has 1 heterocycles. The second kappa shape index (κ2) is 16.1. The van der Waals surface area contributed by atoms with E-state index in [1.807, 2.05) is 0 Å². The highest BCUT2D eigenvalue weighted by atomic mass is 16.2. The molecule has 0 aromatic rings. The lowest BCUT2D eigenvalue weighted by Crippen LogP contribution is -2.47. The van der Waals surface area contributed by atoms with E-state index in [0.29, 0.717) is 6.42 Å². The smallest absolute Gasteiger partial charge is 0.327 e. The molecule has 1 atom stereocenters. The van der Waals surface area contributed by atoms with Crippen LogP contribution < -0.4 is 16.0 Å². The van der Waals surface area contributed by atoms with Crippen LogP contribution in [-0.4, -0.2) is 78.2 Å². The van der Waals surface area contributed by atoms with E-state index in [0.717, 1.165) is 16.7 Å². The number of carbonyl (C=O) groups is 5. The van der Waals surface area contributed by atoms with Crippen LogP contribution in [0.25, 0.3) is 0 Å². The summed E-state index contributed by atoms with van der Waals surface area (Å²) in [5.74, 6) is 0.173. The van der Waals surface area contributed by atoms with Crippen molar-refractivity contribution >= 4 is 29.7 Å². The zero-order chi connectivity index (χ0) is 27.2. The molecule has 1 aliphatic heterocycles. The minimum atomic E-state index is -0.892. The van der Waals surface area contributed by atoms with E-state index in [9.17, 15) is 24.0 Å². The van der Waals surface area contributed by atoms with E-state index in [1.54, 1.807) is 20.9 Å². The summed E-state index contributed by atoms with van der Waals surface area (Å²) in [6.45, 7) is 17.8. The molecule has 0 saturated carbocycles. The van der Waals surface area contributed by atoms with Crippen molar-refractivity contribution in [3.63, 3.8) is 0 Å². The lowest BCUT2D eigenvalue weighted by molar-refractivity contribution is -0.132. The van der Waals surface area contributed by atoms with Crippen molar-refractivity contribution in [1.82, 2.24) is 25.8 Å². The maximum absolute atomic E-state index is 12.2. The zero-order valence-corrected chi connectivity index (χ0v) is 23.0. The second-order valence-electron chi connectivity index (χ2n) is 10.1. The zero-order valence-electron chi connectivity index (χ0n) is 23.0. The monoisotopic (exact) mass is 485 g/mol. The summed E-state index contributed by atoms with van der Waals surface area (Å²) in [7, 11) is 3.01. The van der Waals surface area contributed by atoms with Crippen LogP contribution in [0.5, 0.6) is 0 Å². The highest BCUT2D eigenvalue weighted by Crippen LogP contribution is 2.25. The molecule has 10 heteroatoms. The molecule has 1 saturated heterocycles. The van der Waals surface area contributed by atoms with Gasteiger partial charge >= 0.3 is 6.03 Å². The molecular formula is C24H47N5O5. The van der Waals surface area contributed by atoms with Crippen LogP contribution in [-0.2, 0) is 19.2 Å². The maximum Gasteiger partial charge on any atom is 0.327 e. The SMILES string of the molecule is CC(C)C.CC(C)C.CNC(=O)CNC(=O)C(C)NC(=O)CCCN1C(=O)N(C)C(C)(C)C1=O. The summed E-state index contributed by atoms with van der Waals surface area (Å²) in [5, 5.41) is 7.28. The molecule has 1 fully saturated rings. The molecular weight excluding hydrogens is 438 g/mol. The fourth-order valence-corrected chi connectivity index (χ4v) is 2.36. The Hall–Kier alpha value is -2.65. The Labute approximate surface area is 205 Å². The van der Waals surface area contributed by atoms with Gasteiger partial charge in [-0.15, -0.1) is 0 Å². The summed E-state index contributed by atoms with van der Waals surface area (Å²) in [6.07, 6.45) is 0.355. The summed E-state index contributed by atoms with van der Waals surface area (Å²) < 4.78 is 0. The standard InChI is InChI=1S/C16H27N5O5.2C4H10/c1-10(13(24)18-9-12(23)17-4)19-11(22)7-6-8-21-14(25)16(2,3)20(5)15(21)26;2*1-4(2)3/h10H,6-9H2,1-5H3,(H,17,23)(H,18,24)(H,19,22);2*4H,1-3H3. The number of urea groups is 1. The van der Waals surface area contributed by atoms with E-state index in [-0.39, 0.29) is 43.3 Å². The van der Waals surface area contributed by atoms with Crippen LogP contribution in [0.4, 0.5) is 4.79 Å². The molecule has 1 rings (SSSR count). The second-order valence-corrected chi connectivity index (χ2v) is 10.1. The molecule has 1 unspecified atom stereocenters. The quantitative estimate of drug-likeness (QED) is 0.454. The van der Waals surface area contributed by atoms with E-state index in [2.05, 4.69) is 57.5 Å². The third-order valence-corrected chi connectivity index (χ3v) is 4.38. The van der Waals surface area contributed by atoms with Gasteiger partial charge in [-0.05, 0) is 39.0 Å². The predicted octanol–water partition coefficient (Wildman–Crippen LogP) is 2.13. The summed E-state index contributed by atoms with van der Waals surface area (Å²) >= 11 is 0. The Morgan fingerprint density at radius 1 is 0.912 bits per heavy atom. The van der Waals surface area contributed by atoms with Crippen molar-refractivity contribution in [3.8, 4) is 0 Å². The molecule has 3 N–H and O–H groups in total. The van der Waals surface area contributed by atoms with Gasteiger partial charge in [0.25, 0.3) is 5.91 Å². The van der Waals surface area contributed by atoms with Gasteiger partial charge in [-0.3, -0.25) is 24.1 Å². The predicted molar refractivity (Wildman–Crippen MR) is 134 cm³/mol. The molecule has 1 aliphatic rings. The average Bonchev–Trinajstić information content (AvgIpc) is 2.85. The summed E-state index contributed by atoms with van der Waals surface area (Å²) in [5.41, 5.74) is -0.892. The van der Waals surface area contributed by atoms with Gasteiger partial charge in [-0.1, -0.05) is 41.5 Å². The molecule has 0 aromatic carbocycles. The van der Waals surface area contributed by atoms with Crippen LogP contribution >= 0.6 is 0 Å². The molecule has 10 nitrogen and oxygen atoms in total. The first-order chi connectivity index (χ1) is 15.5. The number of nitrogens with one attached hydrogen (secondary N) is 3. The van der Waals surface area contributed by atoms with Crippen LogP contribution in [0.2, 0.25) is 0 Å². The van der Waals surface area contributed by atoms with Crippen molar-refractivity contribution in [2.24, 2.45) is 11.8 Å². The van der Waals surface area contributed by atoms with Gasteiger partial charge in [0, 0.05) is 27.1 Å². The molecule has 0 aromatic heterocycles. The third kappa shape index (κ3) is 13.2. The number of likely N-dealkylation sites (N-methyl/N-ethyl adjacent to an activating group) is 2. The topological polar surface area (TPSA) is 128 Å². The number of hydrogen-bond acceptors (Lipinski definition) is 5. The van der Waals surface area contributed by atoms with Gasteiger partial charge in [-0.2, -0.15) is 0 Å². The normalized spacial score (nSPS) is 15.2. The summed E-state index contributed by atoms with van der Waals surface area (Å²) in [4.78, 5) is 61.5. The molecule has 34 heavy (non-hydrogen) atoms. The first kappa shape index (κ1) is 33.5. The number of hydrogen-bond donors (Lipinski definition) is 3. The third-order valence-electron chi connectivity index (χ3n) is 4.38. The van der Waals surface area contributed by atoms with E-state index in [1.165, 1.54) is 18.9 Å². The first-order valence-corrected chi connectivity index (χ1v) is 11.9. The van der Waals surface area contributed by atoms with Crippen molar-refractivity contribution in [1.29, 1.82) is 0 Å². The van der Waals surface area contributed by atoms with Gasteiger partial charge in [0.2, 0.25) is 17.7 Å². The van der Waals surface area contributed by atoms with Crippen LogP contribution in [0.1, 0.15) is 75.2 Å². The van der Waals surface area contributed by atoms with Crippen LogP contribution in [0.15, 0.2) is 0 Å². The number of imide groups is 1. The molecule has 0 bridgehead atoms. The van der Waals surface area contributed by atoms with Crippen LogP contribution in [0.3, 0.4) is 0 Å². The molecule has 0 aliphatic carbocycles. The minimum absolute atomic E-state index is 0.0638. The Morgan fingerprint density at radius 3 is 1.76 bits per heavy atom. The lowest BCUT2D eigenvalue weighted by Gasteiger charge is -2.22. The van der Waals surface area contributed by atoms with Gasteiger partial charge in [0.1, 0.15) is 11.6 Å². The van der Waals surface area contributed by atoms with Gasteiger partial charge in [0.15, 0.2) is 0 Å². The van der Waals surface area contributed by atoms with Crippen molar-refractivity contribution in [3.05, 3.63) is 0 Å². The number of nitrogens with zero attached hydrogens (tertiary/aromatic N) is 2. The lowest BCUT2D eigenvalue weighted by atomic mass is 10.1. The first-order valence-electron chi connectivity index (χ1n) is 11.9. The van der Waals surface area contributed by atoms with Gasteiger partial charge in [0.05, 0.1) is 6.54 Å². The average molecular weight is 486 g/mol. The van der Waals surface area contributed by atoms with E-state index < -0.39 is 17.5 Å². The number of rotatable bonds is 8. The van der Waals surface area contributed by atoms with Crippen molar-refractivity contribution in [2.75, 3.05) is 27.2 Å². The minimum Gasteiger partial charge on any atom is -0.358 e. The van der Waals surface area contributed by atoms with Gasteiger partial charge < -0.3 is 20.9 Å². The fourth-order valence-electron chi connectivity index (χ4n) is 2.36. The Morgan fingerprint density at radius 2 is 1.38 bits per heavy atom. The highest BCUT2D eigenvalue weighted by molar-refractivity contribution is 6.06. The number of carbonyl (C=O) groups excluding carboxylic acids is 5. The van der Waals surface area contributed by atoms with Crippen LogP contribution in [0, 0.1) is 11.8 Å². The van der Waals surface area contributed by atoms with Gasteiger partial charge in [-0.25, -0.2) is 4.79 Å². The van der Waals surface area contributed by atoms with E-state index >= 15 is 0 Å². The number of amides is 6. The molecule has 6 amide bonds. The molecule has 198 valence electrons. The Kier molecular flexibility index (Phi) is 15.8. The van der Waals surface area contributed by atoms with Crippen molar-refractivity contribution in [2.45, 2.75) is 86.7 Å². The largest absolute Gasteiger partial charge is 0.358 e. The highest BCUT2D eigenvalue weighted by Gasteiger charge is 2.48. The van der Waals surface area contributed by atoms with Crippen molar-refractivity contribution < 1.29 is 24.0 Å². The fraction of sp³-hybridized carbons (Fsp3) is 0.792.